The van der Waals surface area contributed by atoms with Gasteiger partial charge in [0.25, 0.3) is 0 Å². The van der Waals surface area contributed by atoms with Crippen LogP contribution in [0.5, 0.6) is 0 Å². The van der Waals surface area contributed by atoms with E-state index in [1.165, 1.54) is 0 Å². The van der Waals surface area contributed by atoms with Gasteiger partial charge in [0.2, 0.25) is 0 Å². The molecule has 5 heteroatoms. The molecule has 2 atom stereocenters. The Balaban J connectivity index is 3.90. The third-order valence-electron chi connectivity index (χ3n) is 0.879. The SMILES string of the molecule is CCCC(O)S(=O)(O)=S. The van der Waals surface area contributed by atoms with Crippen molar-refractivity contribution >= 4 is 20.0 Å². The Bertz CT molecular complexity index is 161. The third-order valence-corrected chi connectivity index (χ3v) is 2.47. The van der Waals surface area contributed by atoms with Crippen LogP contribution in [0.15, 0.2) is 0 Å². The molecule has 0 aromatic carbocycles. The van der Waals surface area contributed by atoms with Crippen LogP contribution < -0.4 is 0 Å². The van der Waals surface area contributed by atoms with Crippen LogP contribution >= 0.6 is 0 Å². The van der Waals surface area contributed by atoms with Crippen LogP contribution in [-0.4, -0.2) is 19.3 Å². The molecule has 0 heterocycles. The van der Waals surface area contributed by atoms with E-state index in [9.17, 15) is 4.21 Å². The molecule has 0 saturated carbocycles. The van der Waals surface area contributed by atoms with E-state index in [0.29, 0.717) is 12.8 Å². The summed E-state index contributed by atoms with van der Waals surface area (Å²) in [7, 11) is -3.38. The van der Waals surface area contributed by atoms with Gasteiger partial charge in [0, 0.05) is 11.2 Å². The highest BCUT2D eigenvalue weighted by Crippen LogP contribution is 2.02. The zero-order valence-electron chi connectivity index (χ0n) is 5.11. The van der Waals surface area contributed by atoms with Crippen molar-refractivity contribution in [2.24, 2.45) is 0 Å². The molecule has 9 heavy (non-hydrogen) atoms. The number of hydrogen-bond donors (Lipinski definition) is 2. The Morgan fingerprint density at radius 2 is 2.22 bits per heavy atom. The van der Waals surface area contributed by atoms with Crippen LogP contribution in [-0.2, 0) is 20.0 Å². The van der Waals surface area contributed by atoms with Gasteiger partial charge in [-0.3, -0.25) is 0 Å². The molecule has 0 spiro atoms. The van der Waals surface area contributed by atoms with Gasteiger partial charge >= 0.3 is 0 Å². The molecule has 56 valence electrons. The predicted octanol–water partition coefficient (Wildman–Crippen LogP) is 0.324. The van der Waals surface area contributed by atoms with Gasteiger partial charge in [-0.1, -0.05) is 13.3 Å². The predicted molar refractivity (Wildman–Crippen MR) is 39.1 cm³/mol. The molecule has 2 unspecified atom stereocenters. The highest BCUT2D eigenvalue weighted by Gasteiger charge is 2.12. The van der Waals surface area contributed by atoms with Crippen molar-refractivity contribution in [3.63, 3.8) is 0 Å². The van der Waals surface area contributed by atoms with Crippen molar-refractivity contribution in [2.45, 2.75) is 25.2 Å². The summed E-state index contributed by atoms with van der Waals surface area (Å²) in [6.07, 6.45) is 0.953. The first-order valence-corrected chi connectivity index (χ1v) is 5.13. The maximum Gasteiger partial charge on any atom is 0.168 e. The zero-order valence-corrected chi connectivity index (χ0v) is 6.74. The van der Waals surface area contributed by atoms with E-state index < -0.39 is 14.2 Å². The molecule has 0 aromatic rings. The average Bonchev–Trinajstić information content (AvgIpc) is 1.64. The molecule has 0 radical (unpaired) electrons. The van der Waals surface area contributed by atoms with Gasteiger partial charge in [0.15, 0.2) is 14.2 Å². The molecule has 0 rings (SSSR count). The smallest absolute Gasteiger partial charge is 0.168 e. The van der Waals surface area contributed by atoms with E-state index in [4.69, 9.17) is 9.66 Å². The highest BCUT2D eigenvalue weighted by molar-refractivity contribution is 8.29. The van der Waals surface area contributed by atoms with Crippen molar-refractivity contribution < 1.29 is 13.9 Å². The van der Waals surface area contributed by atoms with Gasteiger partial charge in [-0.2, -0.15) is 0 Å². The average molecular weight is 170 g/mol. The Kier molecular flexibility index (Phi) is 3.57. The monoisotopic (exact) mass is 170 g/mol. The summed E-state index contributed by atoms with van der Waals surface area (Å²) < 4.78 is 18.9. The Morgan fingerprint density at radius 3 is 2.33 bits per heavy atom. The van der Waals surface area contributed by atoms with Crippen LogP contribution in [0.25, 0.3) is 0 Å². The molecule has 3 nitrogen and oxygen atoms in total. The van der Waals surface area contributed by atoms with E-state index in [1.807, 2.05) is 6.92 Å². The second-order valence-corrected chi connectivity index (χ2v) is 4.77. The lowest BCUT2D eigenvalue weighted by molar-refractivity contribution is 0.233. The van der Waals surface area contributed by atoms with Crippen molar-refractivity contribution in [3.8, 4) is 0 Å². The number of aliphatic hydroxyl groups is 1. The van der Waals surface area contributed by atoms with Crippen LogP contribution in [0.1, 0.15) is 19.8 Å². The van der Waals surface area contributed by atoms with Crippen LogP contribution in [0, 0.1) is 0 Å². The van der Waals surface area contributed by atoms with E-state index in [-0.39, 0.29) is 0 Å². The van der Waals surface area contributed by atoms with Crippen LogP contribution in [0.3, 0.4) is 0 Å². The van der Waals surface area contributed by atoms with E-state index in [0.717, 1.165) is 0 Å². The second kappa shape index (κ2) is 3.46. The van der Waals surface area contributed by atoms with E-state index >= 15 is 0 Å². The summed E-state index contributed by atoms with van der Waals surface area (Å²) in [6.45, 7) is 1.81. The van der Waals surface area contributed by atoms with Gasteiger partial charge in [0.05, 0.1) is 0 Å². The van der Waals surface area contributed by atoms with E-state index in [1.54, 1.807) is 0 Å². The molecule has 0 fully saturated rings. The fraction of sp³-hybridized carbons (Fsp3) is 1.00. The van der Waals surface area contributed by atoms with Crippen molar-refractivity contribution in [1.82, 2.24) is 0 Å². The molecule has 0 aliphatic rings. The summed E-state index contributed by atoms with van der Waals surface area (Å²) >= 11 is 4.11. The molecule has 0 aliphatic carbocycles. The largest absolute Gasteiger partial charge is 0.377 e. The molecule has 0 bridgehead atoms. The molecule has 0 saturated heterocycles. The number of rotatable bonds is 3. The molecule has 0 aliphatic heterocycles. The van der Waals surface area contributed by atoms with Gasteiger partial charge in [-0.25, -0.2) is 4.21 Å². The highest BCUT2D eigenvalue weighted by atomic mass is 32.8. The Morgan fingerprint density at radius 1 is 1.78 bits per heavy atom. The lowest BCUT2D eigenvalue weighted by Gasteiger charge is -2.05. The first-order valence-electron chi connectivity index (χ1n) is 2.63. The lowest BCUT2D eigenvalue weighted by atomic mass is 10.4. The minimum absolute atomic E-state index is 0.291. The zero-order chi connectivity index (χ0) is 7.49. The fourth-order valence-corrected chi connectivity index (χ4v) is 1.22. The van der Waals surface area contributed by atoms with Crippen LogP contribution in [0.4, 0.5) is 0 Å². The summed E-state index contributed by atoms with van der Waals surface area (Å²) in [5, 5.41) is 8.76. The maximum absolute atomic E-state index is 10.4. The summed E-state index contributed by atoms with van der Waals surface area (Å²) in [4.78, 5) is 0. The third kappa shape index (κ3) is 3.80. The summed E-state index contributed by atoms with van der Waals surface area (Å²) in [5.41, 5.74) is -1.24. The first kappa shape index (κ1) is 9.29. The number of hydrogen-bond acceptors (Lipinski definition) is 3. The topological polar surface area (TPSA) is 57.5 Å². The maximum atomic E-state index is 10.4. The fourth-order valence-electron chi connectivity index (χ4n) is 0.396. The molecule has 0 aromatic heterocycles. The summed E-state index contributed by atoms with van der Waals surface area (Å²) in [5.74, 6) is 0. The molecular formula is C4H10O3S2. The van der Waals surface area contributed by atoms with Crippen LogP contribution in [0.2, 0.25) is 0 Å². The minimum Gasteiger partial charge on any atom is -0.377 e. The Hall–Kier alpha value is 0.290. The molecule has 2 N–H and O–H groups in total. The number of aliphatic hydroxyl groups excluding tert-OH is 1. The van der Waals surface area contributed by atoms with Gasteiger partial charge in [-0.05, 0) is 6.42 Å². The van der Waals surface area contributed by atoms with Crippen molar-refractivity contribution in [3.05, 3.63) is 0 Å². The van der Waals surface area contributed by atoms with E-state index in [2.05, 4.69) is 11.2 Å². The lowest BCUT2D eigenvalue weighted by Crippen LogP contribution is -2.17. The van der Waals surface area contributed by atoms with Gasteiger partial charge in [0.1, 0.15) is 0 Å². The second-order valence-electron chi connectivity index (χ2n) is 1.76. The van der Waals surface area contributed by atoms with Gasteiger partial charge in [-0.15, -0.1) is 0 Å². The normalized spacial score (nSPS) is 20.8. The van der Waals surface area contributed by atoms with Gasteiger partial charge < -0.3 is 9.66 Å². The minimum atomic E-state index is -3.38. The molecular weight excluding hydrogens is 160 g/mol. The van der Waals surface area contributed by atoms with Crippen molar-refractivity contribution in [1.29, 1.82) is 0 Å². The summed E-state index contributed by atoms with van der Waals surface area (Å²) in [6, 6.07) is 0. The first-order chi connectivity index (χ1) is 3.98. The molecule has 0 amide bonds. The Labute approximate surface area is 59.6 Å². The standard InChI is InChI=1S/C4H10O3S2/c1-2-3-4(5)9(6,7)8/h4-5H,2-3H2,1H3,(H,6,7,8). The van der Waals surface area contributed by atoms with Crippen molar-refractivity contribution in [2.75, 3.05) is 0 Å². The quantitative estimate of drug-likeness (QED) is 0.640.